The summed E-state index contributed by atoms with van der Waals surface area (Å²) in [6.07, 6.45) is 9.09. The van der Waals surface area contributed by atoms with Crippen LogP contribution in [0.25, 0.3) is 0 Å². The van der Waals surface area contributed by atoms with Gasteiger partial charge in [0.1, 0.15) is 0 Å². The summed E-state index contributed by atoms with van der Waals surface area (Å²) in [6.45, 7) is 1.16. The summed E-state index contributed by atoms with van der Waals surface area (Å²) in [5.74, 6) is 0. The zero-order valence-electron chi connectivity index (χ0n) is 10.6. The number of thioether (sulfide) groups is 3. The highest BCUT2D eigenvalue weighted by Gasteiger charge is 2.19. The Bertz CT molecular complexity index is 361. The van der Waals surface area contributed by atoms with E-state index >= 15 is 0 Å². The van der Waals surface area contributed by atoms with Crippen molar-refractivity contribution in [3.8, 4) is 0 Å². The lowest BCUT2D eigenvalue weighted by Gasteiger charge is -2.17. The third-order valence-corrected chi connectivity index (χ3v) is 5.78. The summed E-state index contributed by atoms with van der Waals surface area (Å²) in [5, 5.41) is 3.59. The molecule has 17 heavy (non-hydrogen) atoms. The predicted octanol–water partition coefficient (Wildman–Crippen LogP) is 4.28. The minimum absolute atomic E-state index is 0.572. The SMILES string of the molecule is CSc1cc(C2CCCN2)cc(SC)c1SC. The summed E-state index contributed by atoms with van der Waals surface area (Å²) < 4.78 is 0. The van der Waals surface area contributed by atoms with Crippen LogP contribution in [0.2, 0.25) is 0 Å². The molecule has 1 fully saturated rings. The Morgan fingerprint density at radius 1 is 1.06 bits per heavy atom. The van der Waals surface area contributed by atoms with E-state index in [9.17, 15) is 0 Å². The second kappa shape index (κ2) is 6.41. The highest BCUT2D eigenvalue weighted by atomic mass is 32.2. The molecule has 0 aliphatic carbocycles. The van der Waals surface area contributed by atoms with Gasteiger partial charge in [-0.25, -0.2) is 0 Å². The van der Waals surface area contributed by atoms with Crippen LogP contribution in [-0.4, -0.2) is 25.3 Å². The maximum Gasteiger partial charge on any atom is 0.0341 e. The lowest BCUT2D eigenvalue weighted by atomic mass is 10.1. The summed E-state index contributed by atoms with van der Waals surface area (Å²) in [7, 11) is 0. The van der Waals surface area contributed by atoms with Crippen LogP contribution in [-0.2, 0) is 0 Å². The predicted molar refractivity (Wildman–Crippen MR) is 81.8 cm³/mol. The molecule has 1 unspecified atom stereocenters. The Balaban J connectivity index is 2.40. The largest absolute Gasteiger partial charge is 0.310 e. The first kappa shape index (κ1) is 13.7. The molecule has 1 aromatic carbocycles. The van der Waals surface area contributed by atoms with Gasteiger partial charge in [-0.3, -0.25) is 0 Å². The van der Waals surface area contributed by atoms with Crippen molar-refractivity contribution in [1.82, 2.24) is 5.32 Å². The molecule has 0 saturated carbocycles. The van der Waals surface area contributed by atoms with Crippen molar-refractivity contribution >= 4 is 35.3 Å². The highest BCUT2D eigenvalue weighted by molar-refractivity contribution is 8.03. The van der Waals surface area contributed by atoms with Gasteiger partial charge in [0.05, 0.1) is 0 Å². The van der Waals surface area contributed by atoms with E-state index in [1.807, 2.05) is 35.3 Å². The molecule has 1 aromatic rings. The van der Waals surface area contributed by atoms with E-state index < -0.39 is 0 Å². The van der Waals surface area contributed by atoms with Crippen molar-refractivity contribution in [1.29, 1.82) is 0 Å². The van der Waals surface area contributed by atoms with Crippen molar-refractivity contribution in [2.75, 3.05) is 25.3 Å². The Morgan fingerprint density at radius 3 is 2.12 bits per heavy atom. The first-order valence-electron chi connectivity index (χ1n) is 5.83. The van der Waals surface area contributed by atoms with Gasteiger partial charge in [0, 0.05) is 20.7 Å². The maximum atomic E-state index is 3.59. The van der Waals surface area contributed by atoms with Crippen molar-refractivity contribution in [2.24, 2.45) is 0 Å². The number of hydrogen-bond donors (Lipinski definition) is 1. The molecular weight excluding hydrogens is 266 g/mol. The Kier molecular flexibility index (Phi) is 5.15. The number of hydrogen-bond acceptors (Lipinski definition) is 4. The molecule has 94 valence electrons. The standard InChI is InChI=1S/C13H19NS3/c1-15-11-7-9(10-5-4-6-14-10)8-12(16-2)13(11)17-3/h7-8,10,14H,4-6H2,1-3H3. The van der Waals surface area contributed by atoms with Gasteiger partial charge < -0.3 is 5.32 Å². The molecule has 1 atom stereocenters. The molecular formula is C13H19NS3. The molecule has 4 heteroatoms. The second-order valence-electron chi connectivity index (χ2n) is 4.11. The van der Waals surface area contributed by atoms with E-state index in [1.165, 1.54) is 33.1 Å². The molecule has 2 rings (SSSR count). The third-order valence-electron chi connectivity index (χ3n) is 3.15. The summed E-state index contributed by atoms with van der Waals surface area (Å²) >= 11 is 5.58. The van der Waals surface area contributed by atoms with Crippen molar-refractivity contribution in [3.63, 3.8) is 0 Å². The molecule has 1 aliphatic rings. The van der Waals surface area contributed by atoms with E-state index in [1.54, 1.807) is 0 Å². The van der Waals surface area contributed by atoms with Crippen LogP contribution in [0.1, 0.15) is 24.4 Å². The molecule has 0 radical (unpaired) electrons. The fourth-order valence-corrected chi connectivity index (χ4v) is 4.96. The number of benzene rings is 1. The Morgan fingerprint density at radius 2 is 1.71 bits per heavy atom. The topological polar surface area (TPSA) is 12.0 Å². The van der Waals surface area contributed by atoms with E-state index in [0.717, 1.165) is 6.54 Å². The van der Waals surface area contributed by atoms with Gasteiger partial charge in [-0.15, -0.1) is 35.3 Å². The number of nitrogens with one attached hydrogen (secondary N) is 1. The van der Waals surface area contributed by atoms with E-state index in [-0.39, 0.29) is 0 Å². The van der Waals surface area contributed by atoms with Crippen molar-refractivity contribution < 1.29 is 0 Å². The molecule has 1 N–H and O–H groups in total. The zero-order valence-corrected chi connectivity index (χ0v) is 13.0. The van der Waals surface area contributed by atoms with Gasteiger partial charge in [-0.05, 0) is 55.8 Å². The minimum atomic E-state index is 0.572. The van der Waals surface area contributed by atoms with Gasteiger partial charge >= 0.3 is 0 Å². The zero-order chi connectivity index (χ0) is 12.3. The average Bonchev–Trinajstić information content (AvgIpc) is 2.90. The van der Waals surface area contributed by atoms with Gasteiger partial charge in [0.25, 0.3) is 0 Å². The molecule has 0 spiro atoms. The molecule has 1 nitrogen and oxygen atoms in total. The van der Waals surface area contributed by atoms with Crippen LogP contribution in [0.15, 0.2) is 26.8 Å². The van der Waals surface area contributed by atoms with Crippen molar-refractivity contribution in [2.45, 2.75) is 33.6 Å². The van der Waals surface area contributed by atoms with E-state index in [4.69, 9.17) is 0 Å². The van der Waals surface area contributed by atoms with Crippen molar-refractivity contribution in [3.05, 3.63) is 17.7 Å². The van der Waals surface area contributed by atoms with Gasteiger partial charge in [-0.2, -0.15) is 0 Å². The first-order valence-corrected chi connectivity index (χ1v) is 9.51. The van der Waals surface area contributed by atoms with Gasteiger partial charge in [0.2, 0.25) is 0 Å². The normalized spacial score (nSPS) is 19.8. The molecule has 1 heterocycles. The Labute approximate surface area is 117 Å². The second-order valence-corrected chi connectivity index (χ2v) is 6.62. The number of rotatable bonds is 4. The highest BCUT2D eigenvalue weighted by Crippen LogP contribution is 2.39. The smallest absolute Gasteiger partial charge is 0.0341 e. The van der Waals surface area contributed by atoms with Gasteiger partial charge in [0.15, 0.2) is 0 Å². The quantitative estimate of drug-likeness (QED) is 0.828. The van der Waals surface area contributed by atoms with Crippen LogP contribution in [0, 0.1) is 0 Å². The maximum absolute atomic E-state index is 3.59. The summed E-state index contributed by atoms with van der Waals surface area (Å²) in [4.78, 5) is 4.29. The molecule has 1 aliphatic heterocycles. The van der Waals surface area contributed by atoms with E-state index in [0.29, 0.717) is 6.04 Å². The lowest BCUT2D eigenvalue weighted by molar-refractivity contribution is 0.642. The summed E-state index contributed by atoms with van der Waals surface area (Å²) in [5.41, 5.74) is 1.47. The minimum Gasteiger partial charge on any atom is -0.310 e. The molecule has 0 aromatic heterocycles. The van der Waals surface area contributed by atoms with Crippen LogP contribution in [0.3, 0.4) is 0 Å². The average molecular weight is 286 g/mol. The molecule has 0 amide bonds. The fraction of sp³-hybridized carbons (Fsp3) is 0.538. The van der Waals surface area contributed by atoms with Crippen LogP contribution in [0.5, 0.6) is 0 Å². The third kappa shape index (κ3) is 2.98. The van der Waals surface area contributed by atoms with Crippen LogP contribution in [0.4, 0.5) is 0 Å². The monoisotopic (exact) mass is 285 g/mol. The first-order chi connectivity index (χ1) is 8.30. The lowest BCUT2D eigenvalue weighted by Crippen LogP contribution is -2.13. The van der Waals surface area contributed by atoms with Crippen LogP contribution >= 0.6 is 35.3 Å². The van der Waals surface area contributed by atoms with Gasteiger partial charge in [-0.1, -0.05) is 0 Å². The fourth-order valence-electron chi connectivity index (χ4n) is 2.27. The summed E-state index contributed by atoms with van der Waals surface area (Å²) in [6, 6.07) is 5.32. The molecule has 0 bridgehead atoms. The molecule has 1 saturated heterocycles. The van der Waals surface area contributed by atoms with Crippen LogP contribution < -0.4 is 5.32 Å². The Hall–Kier alpha value is 0.230. The van der Waals surface area contributed by atoms with E-state index in [2.05, 4.69) is 36.2 Å².